The summed E-state index contributed by atoms with van der Waals surface area (Å²) in [4.78, 5) is 23.3. The lowest BCUT2D eigenvalue weighted by molar-refractivity contribution is -0.120. The summed E-state index contributed by atoms with van der Waals surface area (Å²) in [5.74, 6) is -0.195. The van der Waals surface area contributed by atoms with Gasteiger partial charge in [0.05, 0.1) is 6.04 Å². The number of primary amides is 1. The third-order valence-corrected chi connectivity index (χ3v) is 4.24. The zero-order chi connectivity index (χ0) is 20.2. The first kappa shape index (κ1) is 24.3. The van der Waals surface area contributed by atoms with Crippen LogP contribution in [-0.2, 0) is 22.6 Å². The molecular formula is C21H28ClN3O4. The Kier molecular flexibility index (Phi) is 11.2. The lowest BCUT2D eigenvalue weighted by atomic mass is 10.1. The van der Waals surface area contributed by atoms with Gasteiger partial charge in [-0.1, -0.05) is 42.5 Å². The standard InChI is InChI=1S/C21H27N3O4.ClH/c22-20(26)19(23-14-12-16-8-10-18(25)11-9-16)7-4-13-24-21(27)28-15-17-5-2-1-3-6-17;/h1-3,5-6,8-11,19,23,25H,4,7,12-15H2,(H2,22,26)(H,24,27);1H/t19-;/m1./s1. The lowest BCUT2D eigenvalue weighted by Gasteiger charge is -2.15. The van der Waals surface area contributed by atoms with Crippen LogP contribution in [0.3, 0.4) is 0 Å². The second-order valence-electron chi connectivity index (χ2n) is 6.46. The van der Waals surface area contributed by atoms with Crippen LogP contribution in [0.15, 0.2) is 54.6 Å². The number of alkyl carbamates (subject to hydrolysis) is 1. The Labute approximate surface area is 177 Å². The van der Waals surface area contributed by atoms with Gasteiger partial charge in [0.15, 0.2) is 0 Å². The van der Waals surface area contributed by atoms with Gasteiger partial charge in [-0.25, -0.2) is 4.79 Å². The number of aromatic hydroxyl groups is 1. The van der Waals surface area contributed by atoms with Gasteiger partial charge in [0.2, 0.25) is 5.91 Å². The maximum absolute atomic E-state index is 11.7. The molecule has 0 fully saturated rings. The number of hydrogen-bond donors (Lipinski definition) is 4. The molecule has 0 spiro atoms. The van der Waals surface area contributed by atoms with E-state index in [4.69, 9.17) is 10.5 Å². The number of carbonyl (C=O) groups is 2. The summed E-state index contributed by atoms with van der Waals surface area (Å²) in [5.41, 5.74) is 7.42. The second kappa shape index (κ2) is 13.4. The Morgan fingerprint density at radius 2 is 1.69 bits per heavy atom. The van der Waals surface area contributed by atoms with E-state index in [9.17, 15) is 14.7 Å². The highest BCUT2D eigenvalue weighted by Crippen LogP contribution is 2.09. The summed E-state index contributed by atoms with van der Waals surface area (Å²) in [7, 11) is 0. The first-order valence-electron chi connectivity index (χ1n) is 9.30. The molecule has 0 radical (unpaired) electrons. The monoisotopic (exact) mass is 421 g/mol. The number of carbonyl (C=O) groups excluding carboxylic acids is 2. The number of halogens is 1. The van der Waals surface area contributed by atoms with Crippen molar-refractivity contribution in [3.8, 4) is 5.75 Å². The number of phenols is 1. The maximum Gasteiger partial charge on any atom is 0.407 e. The number of hydrogen-bond acceptors (Lipinski definition) is 5. The van der Waals surface area contributed by atoms with E-state index in [-0.39, 0.29) is 24.8 Å². The minimum atomic E-state index is -0.486. The van der Waals surface area contributed by atoms with E-state index in [0.29, 0.717) is 32.4 Å². The smallest absolute Gasteiger partial charge is 0.407 e. The lowest BCUT2D eigenvalue weighted by Crippen LogP contribution is -2.42. The molecule has 1 atom stereocenters. The number of ether oxygens (including phenoxy) is 1. The van der Waals surface area contributed by atoms with Crippen LogP contribution < -0.4 is 16.4 Å². The van der Waals surface area contributed by atoms with Gasteiger partial charge in [-0.2, -0.15) is 0 Å². The predicted octanol–water partition coefficient (Wildman–Crippen LogP) is 2.51. The van der Waals surface area contributed by atoms with Gasteiger partial charge in [0, 0.05) is 6.54 Å². The van der Waals surface area contributed by atoms with E-state index in [1.165, 1.54) is 0 Å². The number of nitrogens with one attached hydrogen (secondary N) is 2. The molecule has 2 aromatic carbocycles. The molecule has 0 saturated heterocycles. The van der Waals surface area contributed by atoms with Crippen LogP contribution >= 0.6 is 12.4 Å². The Morgan fingerprint density at radius 3 is 2.34 bits per heavy atom. The third kappa shape index (κ3) is 9.82. The fraction of sp³-hybridized carbons (Fsp3) is 0.333. The van der Waals surface area contributed by atoms with Crippen LogP contribution in [0.5, 0.6) is 5.75 Å². The Balaban J connectivity index is 0.00000420. The summed E-state index contributed by atoms with van der Waals surface area (Å²) >= 11 is 0. The molecule has 0 aliphatic carbocycles. The molecule has 0 aliphatic rings. The number of nitrogens with two attached hydrogens (primary N) is 1. The van der Waals surface area contributed by atoms with Crippen molar-refractivity contribution < 1.29 is 19.4 Å². The Bertz CT molecular complexity index is 741. The van der Waals surface area contributed by atoms with Gasteiger partial charge in [-0.05, 0) is 49.1 Å². The molecule has 0 bridgehead atoms. The SMILES string of the molecule is Cl.NC(=O)[C@@H](CCCNC(=O)OCc1ccccc1)NCCc1ccc(O)cc1. The number of amides is 2. The zero-order valence-corrected chi connectivity index (χ0v) is 17.0. The fourth-order valence-corrected chi connectivity index (χ4v) is 2.67. The van der Waals surface area contributed by atoms with Crippen molar-refractivity contribution in [1.82, 2.24) is 10.6 Å². The first-order chi connectivity index (χ1) is 13.5. The fourth-order valence-electron chi connectivity index (χ4n) is 2.67. The van der Waals surface area contributed by atoms with Crippen LogP contribution in [0.1, 0.15) is 24.0 Å². The van der Waals surface area contributed by atoms with Gasteiger partial charge in [0.1, 0.15) is 12.4 Å². The predicted molar refractivity (Wildman–Crippen MR) is 114 cm³/mol. The van der Waals surface area contributed by atoms with E-state index in [1.807, 2.05) is 42.5 Å². The Morgan fingerprint density at radius 1 is 1.00 bits per heavy atom. The second-order valence-corrected chi connectivity index (χ2v) is 6.46. The molecule has 158 valence electrons. The molecule has 7 nitrogen and oxygen atoms in total. The number of benzene rings is 2. The van der Waals surface area contributed by atoms with E-state index in [1.54, 1.807) is 12.1 Å². The van der Waals surface area contributed by atoms with E-state index in [0.717, 1.165) is 11.1 Å². The van der Waals surface area contributed by atoms with Crippen molar-refractivity contribution in [1.29, 1.82) is 0 Å². The van der Waals surface area contributed by atoms with E-state index >= 15 is 0 Å². The van der Waals surface area contributed by atoms with Crippen LogP contribution in [0.2, 0.25) is 0 Å². The molecule has 29 heavy (non-hydrogen) atoms. The largest absolute Gasteiger partial charge is 0.508 e. The minimum Gasteiger partial charge on any atom is -0.508 e. The van der Waals surface area contributed by atoms with Crippen LogP contribution in [0.4, 0.5) is 4.79 Å². The number of rotatable bonds is 11. The molecule has 5 N–H and O–H groups in total. The van der Waals surface area contributed by atoms with Crippen molar-refractivity contribution in [2.75, 3.05) is 13.1 Å². The van der Waals surface area contributed by atoms with Gasteiger partial charge >= 0.3 is 6.09 Å². The highest BCUT2D eigenvalue weighted by Gasteiger charge is 2.14. The average Bonchev–Trinajstić information content (AvgIpc) is 2.70. The molecule has 0 saturated carbocycles. The number of phenolic OH excluding ortho intramolecular Hbond substituents is 1. The summed E-state index contributed by atoms with van der Waals surface area (Å²) < 4.78 is 5.13. The highest BCUT2D eigenvalue weighted by atomic mass is 35.5. The van der Waals surface area contributed by atoms with Crippen molar-refractivity contribution in [2.45, 2.75) is 31.9 Å². The quantitative estimate of drug-likeness (QED) is 0.416. The van der Waals surface area contributed by atoms with Gasteiger partial charge in [-0.15, -0.1) is 12.4 Å². The third-order valence-electron chi connectivity index (χ3n) is 4.24. The van der Waals surface area contributed by atoms with Gasteiger partial charge < -0.3 is 26.2 Å². The normalized spacial score (nSPS) is 11.2. The van der Waals surface area contributed by atoms with Gasteiger partial charge in [-0.3, -0.25) is 4.79 Å². The molecule has 2 rings (SSSR count). The van der Waals surface area contributed by atoms with E-state index in [2.05, 4.69) is 10.6 Å². The van der Waals surface area contributed by atoms with Crippen LogP contribution in [0, 0.1) is 0 Å². The van der Waals surface area contributed by atoms with Gasteiger partial charge in [0.25, 0.3) is 0 Å². The molecule has 8 heteroatoms. The van der Waals surface area contributed by atoms with Crippen molar-refractivity contribution in [2.24, 2.45) is 5.73 Å². The van der Waals surface area contributed by atoms with Crippen molar-refractivity contribution >= 4 is 24.4 Å². The molecule has 2 aromatic rings. The molecule has 0 unspecified atom stereocenters. The molecule has 2 amide bonds. The first-order valence-corrected chi connectivity index (χ1v) is 9.30. The van der Waals surface area contributed by atoms with Crippen LogP contribution in [-0.4, -0.2) is 36.2 Å². The molecule has 0 aromatic heterocycles. The highest BCUT2D eigenvalue weighted by molar-refractivity contribution is 5.85. The summed E-state index contributed by atoms with van der Waals surface area (Å²) in [6.45, 7) is 1.21. The van der Waals surface area contributed by atoms with E-state index < -0.39 is 18.0 Å². The molecule has 0 heterocycles. The summed E-state index contributed by atoms with van der Waals surface area (Å²) in [6, 6.07) is 15.9. The Hall–Kier alpha value is -2.77. The summed E-state index contributed by atoms with van der Waals surface area (Å²) in [6.07, 6.45) is 1.35. The van der Waals surface area contributed by atoms with Crippen LogP contribution in [0.25, 0.3) is 0 Å². The minimum absolute atomic E-state index is 0. The van der Waals surface area contributed by atoms with Crippen molar-refractivity contribution in [3.05, 3.63) is 65.7 Å². The summed E-state index contributed by atoms with van der Waals surface area (Å²) in [5, 5.41) is 15.1. The molecule has 0 aliphatic heterocycles. The zero-order valence-electron chi connectivity index (χ0n) is 16.2. The topological polar surface area (TPSA) is 114 Å². The molecular weight excluding hydrogens is 394 g/mol. The van der Waals surface area contributed by atoms with Crippen molar-refractivity contribution in [3.63, 3.8) is 0 Å². The maximum atomic E-state index is 11.7. The average molecular weight is 422 g/mol.